The highest BCUT2D eigenvalue weighted by Gasteiger charge is 2.15. The average Bonchev–Trinajstić information content (AvgIpc) is 2.91. The predicted molar refractivity (Wildman–Crippen MR) is 71.8 cm³/mol. The molecule has 0 spiro atoms. The molecule has 0 radical (unpaired) electrons. The van der Waals surface area contributed by atoms with E-state index in [1.807, 2.05) is 31.2 Å². The minimum atomic E-state index is 0.0978. The minimum absolute atomic E-state index is 0.0978. The molecule has 1 aromatic heterocycles. The topological polar surface area (TPSA) is 34.4 Å². The highest BCUT2D eigenvalue weighted by atomic mass is 16.5. The Balaban J connectivity index is 2.20. The average molecular weight is 245 g/mol. The number of benzene rings is 1. The summed E-state index contributed by atoms with van der Waals surface area (Å²) >= 11 is 0. The molecule has 0 aliphatic carbocycles. The molecular weight excluding hydrogens is 226 g/mol. The smallest absolute Gasteiger partial charge is 0.125 e. The molecule has 0 aliphatic rings. The normalized spacial score (nSPS) is 12.3. The number of hydrogen-bond donors (Lipinski definition) is 1. The summed E-state index contributed by atoms with van der Waals surface area (Å²) in [6, 6.07) is 12.1. The van der Waals surface area contributed by atoms with Crippen molar-refractivity contribution >= 4 is 0 Å². The molecule has 2 rings (SSSR count). The lowest BCUT2D eigenvalue weighted by Gasteiger charge is -2.16. The summed E-state index contributed by atoms with van der Waals surface area (Å²) in [5.41, 5.74) is 1.18. The summed E-state index contributed by atoms with van der Waals surface area (Å²) < 4.78 is 10.9. The molecule has 0 saturated carbocycles. The van der Waals surface area contributed by atoms with Crippen molar-refractivity contribution in [2.24, 2.45) is 0 Å². The van der Waals surface area contributed by atoms with Crippen molar-refractivity contribution in [2.75, 3.05) is 13.2 Å². The van der Waals surface area contributed by atoms with Crippen LogP contribution in [0.3, 0.4) is 0 Å². The van der Waals surface area contributed by atoms with E-state index in [0.29, 0.717) is 6.61 Å². The molecule has 0 bridgehead atoms. The lowest BCUT2D eigenvalue weighted by molar-refractivity contribution is 0.340. The van der Waals surface area contributed by atoms with Crippen LogP contribution >= 0.6 is 0 Å². The van der Waals surface area contributed by atoms with Crippen LogP contribution in [-0.4, -0.2) is 13.2 Å². The second-order valence-corrected chi connectivity index (χ2v) is 4.01. The van der Waals surface area contributed by atoms with Crippen LogP contribution < -0.4 is 10.1 Å². The highest BCUT2D eigenvalue weighted by Crippen LogP contribution is 2.24. The second kappa shape index (κ2) is 6.26. The van der Waals surface area contributed by atoms with Crippen molar-refractivity contribution < 1.29 is 9.15 Å². The maximum atomic E-state index is 5.49. The Labute approximate surface area is 108 Å². The fourth-order valence-corrected chi connectivity index (χ4v) is 1.97. The fraction of sp³-hybridized carbons (Fsp3) is 0.333. The van der Waals surface area contributed by atoms with Crippen LogP contribution in [0.2, 0.25) is 0 Å². The lowest BCUT2D eigenvalue weighted by atomic mass is 10.0. The summed E-state index contributed by atoms with van der Waals surface area (Å²) in [5, 5.41) is 3.42. The van der Waals surface area contributed by atoms with Crippen molar-refractivity contribution in [2.45, 2.75) is 19.9 Å². The van der Waals surface area contributed by atoms with Gasteiger partial charge in [0, 0.05) is 0 Å². The van der Waals surface area contributed by atoms with Gasteiger partial charge in [0.1, 0.15) is 11.5 Å². The number of furan rings is 1. The molecule has 3 nitrogen and oxygen atoms in total. The minimum Gasteiger partial charge on any atom is -0.494 e. The van der Waals surface area contributed by atoms with E-state index in [2.05, 4.69) is 24.4 Å². The Kier molecular flexibility index (Phi) is 4.42. The molecule has 1 heterocycles. The molecule has 0 aliphatic heterocycles. The first-order valence-corrected chi connectivity index (χ1v) is 6.34. The first kappa shape index (κ1) is 12.7. The first-order chi connectivity index (χ1) is 8.85. The number of nitrogens with one attached hydrogen (secondary N) is 1. The Morgan fingerprint density at radius 1 is 1.17 bits per heavy atom. The van der Waals surface area contributed by atoms with Gasteiger partial charge in [-0.25, -0.2) is 0 Å². The molecular formula is C15H19NO2. The zero-order chi connectivity index (χ0) is 12.8. The van der Waals surface area contributed by atoms with E-state index in [-0.39, 0.29) is 6.04 Å². The molecule has 1 N–H and O–H groups in total. The molecule has 0 amide bonds. The van der Waals surface area contributed by atoms with Crippen molar-refractivity contribution in [3.05, 3.63) is 54.0 Å². The van der Waals surface area contributed by atoms with Crippen LogP contribution in [0.1, 0.15) is 31.2 Å². The van der Waals surface area contributed by atoms with Gasteiger partial charge >= 0.3 is 0 Å². The van der Waals surface area contributed by atoms with Gasteiger partial charge in [-0.15, -0.1) is 0 Å². The third kappa shape index (κ3) is 2.93. The monoisotopic (exact) mass is 245 g/mol. The third-order valence-electron chi connectivity index (χ3n) is 2.76. The standard InChI is InChI=1S/C15H19NO2/c1-3-16-15(14-6-5-11-18-14)12-7-9-13(10-8-12)17-4-2/h5-11,15-16H,3-4H2,1-2H3. The SMILES string of the molecule is CCNC(c1ccc(OCC)cc1)c1ccco1. The van der Waals surface area contributed by atoms with Crippen molar-refractivity contribution in [3.8, 4) is 5.75 Å². The molecule has 96 valence electrons. The summed E-state index contributed by atoms with van der Waals surface area (Å²) in [6.45, 7) is 5.65. The van der Waals surface area contributed by atoms with Crippen LogP contribution in [0.4, 0.5) is 0 Å². The van der Waals surface area contributed by atoms with Crippen LogP contribution in [-0.2, 0) is 0 Å². The van der Waals surface area contributed by atoms with Crippen LogP contribution in [0, 0.1) is 0 Å². The highest BCUT2D eigenvalue weighted by molar-refractivity contribution is 5.32. The first-order valence-electron chi connectivity index (χ1n) is 6.34. The van der Waals surface area contributed by atoms with Crippen molar-refractivity contribution in [1.82, 2.24) is 5.32 Å². The van der Waals surface area contributed by atoms with E-state index < -0.39 is 0 Å². The van der Waals surface area contributed by atoms with Gasteiger partial charge in [0.25, 0.3) is 0 Å². The largest absolute Gasteiger partial charge is 0.494 e. The van der Waals surface area contributed by atoms with Gasteiger partial charge in [-0.3, -0.25) is 0 Å². The zero-order valence-corrected chi connectivity index (χ0v) is 10.8. The quantitative estimate of drug-likeness (QED) is 0.847. The Morgan fingerprint density at radius 2 is 1.94 bits per heavy atom. The molecule has 1 unspecified atom stereocenters. The van der Waals surface area contributed by atoms with Gasteiger partial charge in [0.2, 0.25) is 0 Å². The number of ether oxygens (including phenoxy) is 1. The zero-order valence-electron chi connectivity index (χ0n) is 10.8. The van der Waals surface area contributed by atoms with E-state index in [0.717, 1.165) is 18.1 Å². The van der Waals surface area contributed by atoms with Gasteiger partial charge in [0.05, 0.1) is 18.9 Å². The van der Waals surface area contributed by atoms with Gasteiger partial charge < -0.3 is 14.5 Å². The molecule has 1 atom stereocenters. The summed E-state index contributed by atoms with van der Waals surface area (Å²) in [6.07, 6.45) is 1.70. The molecule has 3 heteroatoms. The van der Waals surface area contributed by atoms with Gasteiger partial charge in [-0.2, -0.15) is 0 Å². The Bertz CT molecular complexity index is 448. The van der Waals surface area contributed by atoms with E-state index in [1.54, 1.807) is 6.26 Å². The van der Waals surface area contributed by atoms with Crippen molar-refractivity contribution in [3.63, 3.8) is 0 Å². The molecule has 2 aromatic rings. The summed E-state index contributed by atoms with van der Waals surface area (Å²) in [4.78, 5) is 0. The van der Waals surface area contributed by atoms with E-state index in [9.17, 15) is 0 Å². The maximum absolute atomic E-state index is 5.49. The van der Waals surface area contributed by atoms with E-state index in [4.69, 9.17) is 9.15 Å². The molecule has 18 heavy (non-hydrogen) atoms. The molecule has 0 fully saturated rings. The number of rotatable bonds is 6. The van der Waals surface area contributed by atoms with Gasteiger partial charge in [0.15, 0.2) is 0 Å². The predicted octanol–water partition coefficient (Wildman–Crippen LogP) is 3.38. The van der Waals surface area contributed by atoms with Crippen molar-refractivity contribution in [1.29, 1.82) is 0 Å². The maximum Gasteiger partial charge on any atom is 0.125 e. The van der Waals surface area contributed by atoms with E-state index in [1.165, 1.54) is 5.56 Å². The van der Waals surface area contributed by atoms with E-state index >= 15 is 0 Å². The van der Waals surface area contributed by atoms with Crippen LogP contribution in [0.15, 0.2) is 47.1 Å². The summed E-state index contributed by atoms with van der Waals surface area (Å²) in [7, 11) is 0. The Hall–Kier alpha value is -1.74. The van der Waals surface area contributed by atoms with Gasteiger partial charge in [-0.05, 0) is 43.3 Å². The third-order valence-corrected chi connectivity index (χ3v) is 2.76. The Morgan fingerprint density at radius 3 is 2.50 bits per heavy atom. The summed E-state index contributed by atoms with van der Waals surface area (Å²) in [5.74, 6) is 1.83. The second-order valence-electron chi connectivity index (χ2n) is 4.01. The number of hydrogen-bond acceptors (Lipinski definition) is 3. The molecule has 0 saturated heterocycles. The molecule has 1 aromatic carbocycles. The van der Waals surface area contributed by atoms with Crippen LogP contribution in [0.25, 0.3) is 0 Å². The van der Waals surface area contributed by atoms with Crippen LogP contribution in [0.5, 0.6) is 5.75 Å². The lowest BCUT2D eigenvalue weighted by Crippen LogP contribution is -2.21. The fourth-order valence-electron chi connectivity index (χ4n) is 1.97. The van der Waals surface area contributed by atoms with Gasteiger partial charge in [-0.1, -0.05) is 19.1 Å².